The van der Waals surface area contributed by atoms with Crippen molar-refractivity contribution in [1.29, 1.82) is 0 Å². The lowest BCUT2D eigenvalue weighted by atomic mass is 9.58. The zero-order valence-corrected chi connectivity index (χ0v) is 24.9. The Balaban J connectivity index is 1.60. The van der Waals surface area contributed by atoms with Crippen LogP contribution in [0.15, 0.2) is 59.1 Å². The normalized spacial score (nSPS) is 24.8. The first-order valence-electron chi connectivity index (χ1n) is 14.2. The fourth-order valence-corrected chi connectivity index (χ4v) is 6.84. The monoisotopic (exact) mass is 604 g/mol. The Morgan fingerprint density at radius 1 is 1.07 bits per heavy atom. The lowest BCUT2D eigenvalue weighted by Gasteiger charge is -2.50. The molecule has 2 aromatic carbocycles. The highest BCUT2D eigenvalue weighted by molar-refractivity contribution is 6.25. The lowest BCUT2D eigenvalue weighted by molar-refractivity contribution is -0.148. The smallest absolute Gasteiger partial charge is 0.255 e. The summed E-state index contributed by atoms with van der Waals surface area (Å²) >= 11 is 0. The van der Waals surface area contributed by atoms with Crippen molar-refractivity contribution in [2.24, 2.45) is 17.6 Å². The van der Waals surface area contributed by atoms with E-state index in [0.29, 0.717) is 35.3 Å². The second-order valence-electron chi connectivity index (χ2n) is 12.1. The maximum atomic E-state index is 14.0. The number of carbonyl (C=O) groups excluding carboxylic acids is 4. The molecule has 0 aliphatic heterocycles. The number of phenolic OH excluding ortho intramolecular Hbond substituents is 1. The molecule has 0 fully saturated rings. The summed E-state index contributed by atoms with van der Waals surface area (Å²) in [5, 5.41) is 47.9. The number of aliphatic hydroxyl groups excluding tert-OH is 2. The number of aromatic hydroxyl groups is 1. The van der Waals surface area contributed by atoms with Crippen LogP contribution >= 0.6 is 0 Å². The van der Waals surface area contributed by atoms with Gasteiger partial charge in [0.1, 0.15) is 22.8 Å². The van der Waals surface area contributed by atoms with Crippen molar-refractivity contribution in [1.82, 2.24) is 15.1 Å². The summed E-state index contributed by atoms with van der Waals surface area (Å²) in [5.74, 6) is -7.32. The molecule has 2 aromatic rings. The van der Waals surface area contributed by atoms with Gasteiger partial charge in [-0.2, -0.15) is 0 Å². The maximum absolute atomic E-state index is 14.0. The summed E-state index contributed by atoms with van der Waals surface area (Å²) in [5.41, 5.74) is 3.62. The first-order valence-corrected chi connectivity index (χ1v) is 14.2. The number of phenols is 1. The molecule has 0 bridgehead atoms. The number of amides is 2. The highest BCUT2D eigenvalue weighted by Crippen LogP contribution is 2.53. The van der Waals surface area contributed by atoms with Crippen molar-refractivity contribution in [3.05, 3.63) is 75.8 Å². The molecular formula is C32H36N4O8. The van der Waals surface area contributed by atoms with Crippen molar-refractivity contribution in [3.8, 4) is 16.9 Å². The number of carbonyl (C=O) groups is 4. The Bertz CT molecular complexity index is 1660. The maximum Gasteiger partial charge on any atom is 0.255 e. The van der Waals surface area contributed by atoms with Crippen molar-refractivity contribution in [2.75, 3.05) is 41.3 Å². The van der Waals surface area contributed by atoms with E-state index >= 15 is 0 Å². The SMILES string of the molecule is CN(C)CCNC(=O)c1cccc(-c2ccc(O)c3c2C[C@@H]2C[C@@H]4[C@@H](N(C)C)C(O)=C(C(N)=O)C(=O)[C@]4(O)C(O)=C2C3=O)c1. The number of fused-ring (bicyclic) bond motifs is 3. The minimum absolute atomic E-state index is 0.0187. The number of benzene rings is 2. The first-order chi connectivity index (χ1) is 20.7. The molecule has 0 saturated heterocycles. The van der Waals surface area contributed by atoms with Gasteiger partial charge < -0.3 is 36.4 Å². The molecule has 12 heteroatoms. The van der Waals surface area contributed by atoms with E-state index < -0.39 is 58.0 Å². The molecular weight excluding hydrogens is 568 g/mol. The second-order valence-corrected chi connectivity index (χ2v) is 12.1. The van der Waals surface area contributed by atoms with Gasteiger partial charge in [0, 0.05) is 30.1 Å². The Kier molecular flexibility index (Phi) is 7.87. The van der Waals surface area contributed by atoms with Crippen LogP contribution in [-0.2, 0) is 16.0 Å². The quantitative estimate of drug-likeness (QED) is 0.249. The standard InChI is InChI=1S/C32H36N4O8/c1-35(2)11-10-34-31(43)16-7-5-6-15(12-16)18-8-9-21(37)23-19(18)13-17-14-20-25(36(3)4)27(39)24(30(33)42)29(41)32(20,44)28(40)22(17)26(23)38/h5-9,12,17,20,25,37,39-40,44H,10-11,13-14H2,1-4H3,(H2,33,42)(H,34,43)/t17-,20-,25-,32-/m1/s1. The minimum Gasteiger partial charge on any atom is -0.510 e. The summed E-state index contributed by atoms with van der Waals surface area (Å²) in [7, 11) is 6.96. The number of hydrogen-bond donors (Lipinski definition) is 6. The molecule has 44 heavy (non-hydrogen) atoms. The molecule has 3 aliphatic rings. The van der Waals surface area contributed by atoms with Crippen LogP contribution in [0.25, 0.3) is 11.1 Å². The zero-order chi connectivity index (χ0) is 32.2. The number of hydrogen-bond acceptors (Lipinski definition) is 10. The number of ketones is 2. The Morgan fingerprint density at radius 2 is 1.77 bits per heavy atom. The number of Topliss-reactive ketones (excluding diaryl/α,β-unsaturated/α-hetero) is 2. The number of rotatable bonds is 7. The van der Waals surface area contributed by atoms with E-state index in [1.54, 1.807) is 44.4 Å². The predicted molar refractivity (Wildman–Crippen MR) is 160 cm³/mol. The van der Waals surface area contributed by atoms with Crippen molar-refractivity contribution >= 4 is 23.4 Å². The van der Waals surface area contributed by atoms with Gasteiger partial charge in [-0.3, -0.25) is 24.1 Å². The van der Waals surface area contributed by atoms with Gasteiger partial charge in [-0.25, -0.2) is 0 Å². The van der Waals surface area contributed by atoms with Gasteiger partial charge in [-0.15, -0.1) is 0 Å². The zero-order valence-electron chi connectivity index (χ0n) is 24.9. The molecule has 5 rings (SSSR count). The third-order valence-electron chi connectivity index (χ3n) is 8.89. The Morgan fingerprint density at radius 3 is 2.41 bits per heavy atom. The lowest BCUT2D eigenvalue weighted by Crippen LogP contribution is -2.63. The molecule has 0 aromatic heterocycles. The molecule has 0 saturated carbocycles. The summed E-state index contributed by atoms with van der Waals surface area (Å²) < 4.78 is 0. The Labute approximate surface area is 254 Å². The molecule has 3 aliphatic carbocycles. The first kappa shape index (κ1) is 30.9. The van der Waals surface area contributed by atoms with E-state index in [1.807, 2.05) is 19.0 Å². The van der Waals surface area contributed by atoms with Crippen LogP contribution in [0.4, 0.5) is 0 Å². The number of primary amides is 1. The molecule has 232 valence electrons. The van der Waals surface area contributed by atoms with E-state index in [0.717, 1.165) is 0 Å². The van der Waals surface area contributed by atoms with E-state index in [-0.39, 0.29) is 35.6 Å². The average Bonchev–Trinajstić information content (AvgIpc) is 2.94. The highest BCUT2D eigenvalue weighted by Gasteiger charge is 2.63. The van der Waals surface area contributed by atoms with Gasteiger partial charge in [0.25, 0.3) is 11.8 Å². The fraction of sp³-hybridized carbons (Fsp3) is 0.375. The summed E-state index contributed by atoms with van der Waals surface area (Å²) in [6, 6.07) is 8.79. The van der Waals surface area contributed by atoms with E-state index in [4.69, 9.17) is 5.73 Å². The number of likely N-dealkylation sites (N-methyl/N-ethyl adjacent to an activating group) is 2. The van der Waals surface area contributed by atoms with Gasteiger partial charge in [-0.05, 0) is 81.8 Å². The van der Waals surface area contributed by atoms with E-state index in [2.05, 4.69) is 5.32 Å². The number of nitrogens with one attached hydrogen (secondary N) is 1. The van der Waals surface area contributed by atoms with Crippen molar-refractivity contribution in [3.63, 3.8) is 0 Å². The van der Waals surface area contributed by atoms with Crippen LogP contribution < -0.4 is 11.1 Å². The molecule has 4 atom stereocenters. The van der Waals surface area contributed by atoms with Crippen molar-refractivity contribution < 1.29 is 39.6 Å². The molecule has 2 amide bonds. The highest BCUT2D eigenvalue weighted by atomic mass is 16.3. The number of allylic oxidation sites excluding steroid dienone is 1. The third-order valence-corrected chi connectivity index (χ3v) is 8.89. The molecule has 0 heterocycles. The van der Waals surface area contributed by atoms with Crippen LogP contribution in [0.1, 0.15) is 32.7 Å². The average molecular weight is 605 g/mol. The molecule has 12 nitrogen and oxygen atoms in total. The molecule has 0 unspecified atom stereocenters. The van der Waals surface area contributed by atoms with Crippen LogP contribution in [0, 0.1) is 11.8 Å². The minimum atomic E-state index is -2.70. The molecule has 0 spiro atoms. The van der Waals surface area contributed by atoms with Gasteiger partial charge in [-0.1, -0.05) is 18.2 Å². The summed E-state index contributed by atoms with van der Waals surface area (Å²) in [6.45, 7) is 1.12. The van der Waals surface area contributed by atoms with E-state index in [9.17, 15) is 39.6 Å². The number of nitrogens with zero attached hydrogens (tertiary/aromatic N) is 2. The van der Waals surface area contributed by atoms with Crippen LogP contribution in [-0.4, -0.2) is 107 Å². The van der Waals surface area contributed by atoms with E-state index in [1.165, 1.54) is 11.0 Å². The second kappa shape index (κ2) is 11.2. The Hall–Kier alpha value is -4.52. The third kappa shape index (κ3) is 4.75. The van der Waals surface area contributed by atoms with Crippen LogP contribution in [0.2, 0.25) is 0 Å². The van der Waals surface area contributed by atoms with Gasteiger partial charge >= 0.3 is 0 Å². The summed E-state index contributed by atoms with van der Waals surface area (Å²) in [4.78, 5) is 55.9. The number of aliphatic hydroxyl groups is 3. The fourth-order valence-electron chi connectivity index (χ4n) is 6.84. The van der Waals surface area contributed by atoms with Crippen LogP contribution in [0.5, 0.6) is 5.75 Å². The predicted octanol–water partition coefficient (Wildman–Crippen LogP) is 1.08. The number of nitrogens with two attached hydrogens (primary N) is 1. The largest absolute Gasteiger partial charge is 0.510 e. The summed E-state index contributed by atoms with van der Waals surface area (Å²) in [6.07, 6.45) is 0.118. The van der Waals surface area contributed by atoms with Gasteiger partial charge in [0.15, 0.2) is 11.4 Å². The van der Waals surface area contributed by atoms with Gasteiger partial charge in [0.05, 0.1) is 11.6 Å². The van der Waals surface area contributed by atoms with Crippen molar-refractivity contribution in [2.45, 2.75) is 24.5 Å². The van der Waals surface area contributed by atoms with Crippen LogP contribution in [0.3, 0.4) is 0 Å². The molecule has 0 radical (unpaired) electrons. The molecule has 7 N–H and O–H groups in total. The van der Waals surface area contributed by atoms with Gasteiger partial charge in [0.2, 0.25) is 5.78 Å². The topological polar surface area (TPSA) is 194 Å².